The van der Waals surface area contributed by atoms with Crippen LogP contribution in [0.15, 0.2) is 54.6 Å². The largest absolute Gasteiger partial charge is 0.348 e. The number of hydrogen-bond donors (Lipinski definition) is 3. The van der Waals surface area contributed by atoms with Crippen LogP contribution < -0.4 is 16.0 Å². The van der Waals surface area contributed by atoms with Gasteiger partial charge in [-0.3, -0.25) is 9.59 Å². The molecule has 0 fully saturated rings. The van der Waals surface area contributed by atoms with E-state index in [1.54, 1.807) is 0 Å². The Morgan fingerprint density at radius 2 is 1.62 bits per heavy atom. The lowest BCUT2D eigenvalue weighted by Gasteiger charge is -2.26. The van der Waals surface area contributed by atoms with Gasteiger partial charge in [0.25, 0.3) is 5.91 Å². The number of quaternary nitrogens is 1. The van der Waals surface area contributed by atoms with Gasteiger partial charge in [-0.15, -0.1) is 0 Å². The van der Waals surface area contributed by atoms with Crippen LogP contribution in [0.4, 0.5) is 0 Å². The molecular formula is C24H32N3O2+. The molecule has 3 rings (SSSR count). The molecule has 0 bridgehead atoms. The monoisotopic (exact) mass is 394 g/mol. The highest BCUT2D eigenvalue weighted by Crippen LogP contribution is 2.15. The fourth-order valence-corrected chi connectivity index (χ4v) is 3.87. The van der Waals surface area contributed by atoms with Crippen molar-refractivity contribution in [3.63, 3.8) is 0 Å². The van der Waals surface area contributed by atoms with Crippen LogP contribution in [0.25, 0.3) is 0 Å². The fraction of sp³-hybridized carbons (Fsp3) is 0.417. The molecule has 0 unspecified atom stereocenters. The van der Waals surface area contributed by atoms with E-state index in [1.807, 2.05) is 49.4 Å². The van der Waals surface area contributed by atoms with Crippen molar-refractivity contribution in [1.82, 2.24) is 10.6 Å². The molecule has 154 valence electrons. The Bertz CT molecular complexity index is 835. The summed E-state index contributed by atoms with van der Waals surface area (Å²) in [7, 11) is 0. The molecule has 1 aliphatic rings. The molecule has 2 aromatic rings. The Hall–Kier alpha value is -2.66. The van der Waals surface area contributed by atoms with Crippen molar-refractivity contribution in [3.05, 3.63) is 71.3 Å². The minimum atomic E-state index is -0.528. The van der Waals surface area contributed by atoms with E-state index in [-0.39, 0.29) is 23.9 Å². The van der Waals surface area contributed by atoms with Crippen molar-refractivity contribution in [2.24, 2.45) is 5.92 Å². The van der Waals surface area contributed by atoms with Crippen LogP contribution in [-0.2, 0) is 22.6 Å². The lowest BCUT2D eigenvalue weighted by molar-refractivity contribution is -0.695. The Morgan fingerprint density at radius 3 is 2.31 bits per heavy atom. The number of rotatable bonds is 7. The smallest absolute Gasteiger partial charge is 0.279 e. The zero-order chi connectivity index (χ0) is 20.8. The molecule has 2 aromatic carbocycles. The van der Waals surface area contributed by atoms with Crippen molar-refractivity contribution in [2.45, 2.75) is 58.3 Å². The summed E-state index contributed by atoms with van der Waals surface area (Å²) in [5.41, 5.74) is 3.55. The zero-order valence-electron chi connectivity index (χ0n) is 17.5. The van der Waals surface area contributed by atoms with Crippen LogP contribution in [0.5, 0.6) is 0 Å². The van der Waals surface area contributed by atoms with Crippen LogP contribution in [-0.4, -0.2) is 23.9 Å². The van der Waals surface area contributed by atoms with Crippen LogP contribution in [0.1, 0.15) is 49.9 Å². The highest BCUT2D eigenvalue weighted by molar-refractivity contribution is 5.89. The molecule has 5 nitrogen and oxygen atoms in total. The zero-order valence-corrected chi connectivity index (χ0v) is 17.5. The fourth-order valence-electron chi connectivity index (χ4n) is 3.87. The minimum absolute atomic E-state index is 0.0623. The number of nitrogens with one attached hydrogen (secondary N) is 2. The Morgan fingerprint density at radius 1 is 0.966 bits per heavy atom. The van der Waals surface area contributed by atoms with Gasteiger partial charge in [-0.05, 0) is 30.4 Å². The Labute approximate surface area is 173 Å². The minimum Gasteiger partial charge on any atom is -0.348 e. The molecular weight excluding hydrogens is 362 g/mol. The first-order valence-corrected chi connectivity index (χ1v) is 10.5. The van der Waals surface area contributed by atoms with Crippen molar-refractivity contribution in [2.75, 3.05) is 0 Å². The van der Waals surface area contributed by atoms with E-state index in [9.17, 15) is 9.59 Å². The summed E-state index contributed by atoms with van der Waals surface area (Å²) < 4.78 is 0. The number of nitrogens with two attached hydrogens (primary N) is 1. The second kappa shape index (κ2) is 9.70. The molecule has 4 N–H and O–H groups in total. The molecule has 0 radical (unpaired) electrons. The van der Waals surface area contributed by atoms with E-state index in [2.05, 4.69) is 41.9 Å². The average molecular weight is 395 g/mol. The van der Waals surface area contributed by atoms with E-state index in [1.165, 1.54) is 11.1 Å². The van der Waals surface area contributed by atoms with Crippen LogP contribution in [0.2, 0.25) is 0 Å². The summed E-state index contributed by atoms with van der Waals surface area (Å²) in [6.45, 7) is 6.89. The Balaban J connectivity index is 1.64. The van der Waals surface area contributed by atoms with Gasteiger partial charge in [-0.2, -0.15) is 0 Å². The maximum atomic E-state index is 12.9. The summed E-state index contributed by atoms with van der Waals surface area (Å²) in [4.78, 5) is 25.9. The summed E-state index contributed by atoms with van der Waals surface area (Å²) >= 11 is 0. The number of benzene rings is 2. The van der Waals surface area contributed by atoms with E-state index in [0.29, 0.717) is 18.8 Å². The topological polar surface area (TPSA) is 74.8 Å². The summed E-state index contributed by atoms with van der Waals surface area (Å²) in [5.74, 6) is 0.112. The second-order valence-electron chi connectivity index (χ2n) is 8.35. The highest BCUT2D eigenvalue weighted by atomic mass is 16.2. The first-order chi connectivity index (χ1) is 13.9. The molecule has 0 aromatic heterocycles. The van der Waals surface area contributed by atoms with Crippen molar-refractivity contribution in [1.29, 1.82) is 0 Å². The van der Waals surface area contributed by atoms with Crippen molar-refractivity contribution in [3.8, 4) is 0 Å². The van der Waals surface area contributed by atoms with Gasteiger partial charge >= 0.3 is 0 Å². The Kier molecular flexibility index (Phi) is 7.04. The third kappa shape index (κ3) is 5.67. The number of hydrogen-bond acceptors (Lipinski definition) is 2. The lowest BCUT2D eigenvalue weighted by Crippen LogP contribution is -2.93. The summed E-state index contributed by atoms with van der Waals surface area (Å²) in [5, 5.41) is 8.15. The molecule has 29 heavy (non-hydrogen) atoms. The molecule has 3 atom stereocenters. The number of amides is 2. The summed E-state index contributed by atoms with van der Waals surface area (Å²) in [6.07, 6.45) is 1.31. The molecule has 1 heterocycles. The first-order valence-electron chi connectivity index (χ1n) is 10.5. The van der Waals surface area contributed by atoms with Gasteiger partial charge in [0.1, 0.15) is 12.6 Å². The van der Waals surface area contributed by atoms with Gasteiger partial charge in [0, 0.05) is 12.0 Å². The molecule has 2 amide bonds. The molecule has 0 spiro atoms. The standard InChI is InChI=1S/C24H31N3O2/c1-16(2)13-22(24(29)26-17(3)18-9-5-4-6-10-18)27-23(28)21-14-19-11-7-8-12-20(19)15-25-21/h4-12,16-17,21-22,25H,13-15H2,1-3H3,(H,26,29)(H,27,28)/p+1/t17-,21-,22-/m0/s1. The van der Waals surface area contributed by atoms with Gasteiger partial charge in [-0.25, -0.2) is 0 Å². The third-order valence-electron chi connectivity index (χ3n) is 5.52. The van der Waals surface area contributed by atoms with Crippen LogP contribution in [0, 0.1) is 5.92 Å². The average Bonchev–Trinajstić information content (AvgIpc) is 2.73. The van der Waals surface area contributed by atoms with E-state index in [4.69, 9.17) is 0 Å². The number of carbonyl (C=O) groups excluding carboxylic acids is 2. The quantitative estimate of drug-likeness (QED) is 0.673. The molecule has 0 saturated carbocycles. The van der Waals surface area contributed by atoms with Gasteiger partial charge in [0.2, 0.25) is 5.91 Å². The van der Waals surface area contributed by atoms with Gasteiger partial charge in [0.05, 0.1) is 6.04 Å². The van der Waals surface area contributed by atoms with E-state index < -0.39 is 6.04 Å². The molecule has 5 heteroatoms. The first kappa shape index (κ1) is 21.1. The lowest BCUT2D eigenvalue weighted by atomic mass is 9.95. The maximum Gasteiger partial charge on any atom is 0.279 e. The summed E-state index contributed by atoms with van der Waals surface area (Å²) in [6, 6.07) is 17.3. The normalized spacial score (nSPS) is 17.9. The number of carbonyl (C=O) groups is 2. The number of fused-ring (bicyclic) bond motifs is 1. The second-order valence-corrected chi connectivity index (χ2v) is 8.35. The van der Waals surface area contributed by atoms with Crippen molar-refractivity contribution >= 4 is 11.8 Å². The van der Waals surface area contributed by atoms with Gasteiger partial charge in [-0.1, -0.05) is 68.4 Å². The third-order valence-corrected chi connectivity index (χ3v) is 5.52. The molecule has 0 saturated heterocycles. The van der Waals surface area contributed by atoms with Gasteiger partial charge in [0.15, 0.2) is 6.04 Å². The molecule has 0 aliphatic carbocycles. The molecule has 1 aliphatic heterocycles. The SMILES string of the molecule is CC(C)C[C@H](NC(=O)[C@@H]1Cc2ccccc2C[NH2+]1)C(=O)N[C@@H](C)c1ccccc1. The van der Waals surface area contributed by atoms with Crippen LogP contribution in [0.3, 0.4) is 0 Å². The predicted octanol–water partition coefficient (Wildman–Crippen LogP) is 2.08. The highest BCUT2D eigenvalue weighted by Gasteiger charge is 2.31. The van der Waals surface area contributed by atoms with Gasteiger partial charge < -0.3 is 16.0 Å². The predicted molar refractivity (Wildman–Crippen MR) is 114 cm³/mol. The van der Waals surface area contributed by atoms with Crippen LogP contribution >= 0.6 is 0 Å². The van der Waals surface area contributed by atoms with E-state index in [0.717, 1.165) is 12.1 Å². The van der Waals surface area contributed by atoms with E-state index >= 15 is 0 Å². The van der Waals surface area contributed by atoms with Crippen molar-refractivity contribution < 1.29 is 14.9 Å². The maximum absolute atomic E-state index is 12.9.